The maximum absolute atomic E-state index is 13.6. The van der Waals surface area contributed by atoms with Crippen molar-refractivity contribution >= 4 is 17.6 Å². The molecule has 2 rings (SSSR count). The molecule has 0 saturated carbocycles. The van der Waals surface area contributed by atoms with Gasteiger partial charge < -0.3 is 5.11 Å². The number of carboxylic acid groups (broad SMARTS) is 1. The summed E-state index contributed by atoms with van der Waals surface area (Å²) < 4.78 is 13.6. The van der Waals surface area contributed by atoms with Crippen LogP contribution in [0, 0.1) is 5.82 Å². The number of carbonyl (C=O) groups is 1. The monoisotopic (exact) mass is 266 g/mol. The summed E-state index contributed by atoms with van der Waals surface area (Å²) in [4.78, 5) is 18.3. The first kappa shape index (κ1) is 12.4. The number of aromatic nitrogens is 2. The van der Waals surface area contributed by atoms with Gasteiger partial charge in [0.05, 0.1) is 10.6 Å². The second-order valence-corrected chi connectivity index (χ2v) is 3.99. The van der Waals surface area contributed by atoms with Gasteiger partial charge >= 0.3 is 5.97 Å². The van der Waals surface area contributed by atoms with Crippen LogP contribution in [-0.4, -0.2) is 21.0 Å². The van der Waals surface area contributed by atoms with Gasteiger partial charge in [0.2, 0.25) is 0 Å². The van der Waals surface area contributed by atoms with Crippen LogP contribution in [0.3, 0.4) is 0 Å². The smallest absolute Gasteiger partial charge is 0.338 e. The number of hydrogen-bond acceptors (Lipinski definition) is 3. The SMILES string of the molecule is O=C(O)c1cnc(Cc2cccc(Cl)c2F)nc1. The van der Waals surface area contributed by atoms with Gasteiger partial charge in [-0.15, -0.1) is 0 Å². The van der Waals surface area contributed by atoms with Crippen molar-refractivity contribution < 1.29 is 14.3 Å². The Bertz CT molecular complexity index is 587. The summed E-state index contributed by atoms with van der Waals surface area (Å²) >= 11 is 5.65. The molecule has 0 saturated heterocycles. The highest BCUT2D eigenvalue weighted by Crippen LogP contribution is 2.19. The van der Waals surface area contributed by atoms with E-state index in [-0.39, 0.29) is 17.0 Å². The van der Waals surface area contributed by atoms with Crippen molar-refractivity contribution in [3.05, 3.63) is 58.4 Å². The number of carboxylic acids is 1. The Balaban J connectivity index is 2.24. The predicted octanol–water partition coefficient (Wildman–Crippen LogP) is 2.56. The molecule has 18 heavy (non-hydrogen) atoms. The second kappa shape index (κ2) is 5.10. The van der Waals surface area contributed by atoms with Crippen LogP contribution in [0.25, 0.3) is 0 Å². The summed E-state index contributed by atoms with van der Waals surface area (Å²) in [5.74, 6) is -1.28. The Kier molecular flexibility index (Phi) is 3.53. The number of nitrogens with zero attached hydrogens (tertiary/aromatic N) is 2. The zero-order valence-corrected chi connectivity index (χ0v) is 9.86. The molecule has 1 heterocycles. The van der Waals surface area contributed by atoms with E-state index in [0.29, 0.717) is 11.4 Å². The van der Waals surface area contributed by atoms with Gasteiger partial charge in [0.1, 0.15) is 11.6 Å². The molecule has 0 fully saturated rings. The topological polar surface area (TPSA) is 63.1 Å². The molecule has 92 valence electrons. The molecule has 0 radical (unpaired) electrons. The van der Waals surface area contributed by atoms with Crippen LogP contribution in [0.2, 0.25) is 5.02 Å². The first-order valence-electron chi connectivity index (χ1n) is 5.05. The van der Waals surface area contributed by atoms with Gasteiger partial charge in [0.15, 0.2) is 0 Å². The van der Waals surface area contributed by atoms with E-state index < -0.39 is 11.8 Å². The van der Waals surface area contributed by atoms with Crippen LogP contribution in [-0.2, 0) is 6.42 Å². The zero-order chi connectivity index (χ0) is 13.1. The second-order valence-electron chi connectivity index (χ2n) is 3.58. The molecule has 0 unspecified atom stereocenters. The minimum atomic E-state index is -1.10. The van der Waals surface area contributed by atoms with Gasteiger partial charge in [-0.1, -0.05) is 23.7 Å². The lowest BCUT2D eigenvalue weighted by atomic mass is 10.1. The Morgan fingerprint density at radius 1 is 1.33 bits per heavy atom. The lowest BCUT2D eigenvalue weighted by molar-refractivity contribution is 0.0696. The van der Waals surface area contributed by atoms with E-state index in [1.807, 2.05) is 0 Å². The summed E-state index contributed by atoms with van der Waals surface area (Å²) in [6.45, 7) is 0. The van der Waals surface area contributed by atoms with Gasteiger partial charge in [-0.2, -0.15) is 0 Å². The molecule has 0 spiro atoms. The van der Waals surface area contributed by atoms with Gasteiger partial charge in [-0.05, 0) is 11.6 Å². The Morgan fingerprint density at radius 3 is 2.61 bits per heavy atom. The van der Waals surface area contributed by atoms with Gasteiger partial charge in [0.25, 0.3) is 0 Å². The predicted molar refractivity (Wildman–Crippen MR) is 63.2 cm³/mol. The average molecular weight is 267 g/mol. The number of hydrogen-bond donors (Lipinski definition) is 1. The standard InChI is InChI=1S/C12H8ClFN2O2/c13-9-3-1-2-7(11(9)14)4-10-15-5-8(6-16-10)12(17)18/h1-3,5-6H,4H2,(H,17,18). The number of aromatic carboxylic acids is 1. The molecule has 1 aromatic carbocycles. The van der Waals surface area contributed by atoms with Crippen LogP contribution < -0.4 is 0 Å². The van der Waals surface area contributed by atoms with Gasteiger partial charge in [-0.25, -0.2) is 19.2 Å². The summed E-state index contributed by atoms with van der Waals surface area (Å²) in [6, 6.07) is 4.66. The van der Waals surface area contributed by atoms with Crippen LogP contribution in [0.1, 0.15) is 21.7 Å². The molecule has 0 aliphatic carbocycles. The van der Waals surface area contributed by atoms with E-state index in [1.165, 1.54) is 18.5 Å². The maximum Gasteiger partial charge on any atom is 0.338 e. The number of benzene rings is 1. The fourth-order valence-corrected chi connectivity index (χ4v) is 1.61. The van der Waals surface area contributed by atoms with Crippen molar-refractivity contribution in [2.45, 2.75) is 6.42 Å². The van der Waals surface area contributed by atoms with Gasteiger partial charge in [0, 0.05) is 18.8 Å². The minimum absolute atomic E-state index is 0.00897. The summed E-state index contributed by atoms with van der Waals surface area (Å²) in [5, 5.41) is 8.73. The van der Waals surface area contributed by atoms with Crippen LogP contribution >= 0.6 is 11.6 Å². The van der Waals surface area contributed by atoms with Crippen molar-refractivity contribution in [1.82, 2.24) is 9.97 Å². The Hall–Kier alpha value is -2.01. The van der Waals surface area contributed by atoms with E-state index in [2.05, 4.69) is 9.97 Å². The molecule has 6 heteroatoms. The van der Waals surface area contributed by atoms with E-state index in [9.17, 15) is 9.18 Å². The van der Waals surface area contributed by atoms with Crippen molar-refractivity contribution in [3.8, 4) is 0 Å². The van der Waals surface area contributed by atoms with Crippen molar-refractivity contribution in [1.29, 1.82) is 0 Å². The summed E-state index contributed by atoms with van der Waals surface area (Å²) in [5.41, 5.74) is 0.357. The van der Waals surface area contributed by atoms with Crippen LogP contribution in [0.4, 0.5) is 4.39 Å². The minimum Gasteiger partial charge on any atom is -0.478 e. The molecular weight excluding hydrogens is 259 g/mol. The molecule has 2 aromatic rings. The molecular formula is C12H8ClFN2O2. The van der Waals surface area contributed by atoms with Crippen molar-refractivity contribution in [3.63, 3.8) is 0 Å². The Labute approximate surface area is 107 Å². The summed E-state index contributed by atoms with van der Waals surface area (Å²) in [6.07, 6.45) is 2.53. The lowest BCUT2D eigenvalue weighted by Crippen LogP contribution is -2.03. The molecule has 0 amide bonds. The third-order valence-corrected chi connectivity index (χ3v) is 2.62. The first-order chi connectivity index (χ1) is 8.58. The lowest BCUT2D eigenvalue weighted by Gasteiger charge is -2.03. The largest absolute Gasteiger partial charge is 0.478 e. The van der Waals surface area contributed by atoms with Crippen molar-refractivity contribution in [2.24, 2.45) is 0 Å². The third kappa shape index (κ3) is 2.62. The average Bonchev–Trinajstić information content (AvgIpc) is 2.36. The normalized spacial score (nSPS) is 10.3. The molecule has 0 aliphatic heterocycles. The highest BCUT2D eigenvalue weighted by atomic mass is 35.5. The fraction of sp³-hybridized carbons (Fsp3) is 0.0833. The molecule has 1 N–H and O–H groups in total. The van der Waals surface area contributed by atoms with Gasteiger partial charge in [-0.3, -0.25) is 0 Å². The van der Waals surface area contributed by atoms with E-state index in [0.717, 1.165) is 0 Å². The third-order valence-electron chi connectivity index (χ3n) is 2.33. The molecule has 0 atom stereocenters. The van der Waals surface area contributed by atoms with E-state index >= 15 is 0 Å². The van der Waals surface area contributed by atoms with Crippen LogP contribution in [0.5, 0.6) is 0 Å². The summed E-state index contributed by atoms with van der Waals surface area (Å²) in [7, 11) is 0. The highest BCUT2D eigenvalue weighted by Gasteiger charge is 2.09. The fourth-order valence-electron chi connectivity index (χ4n) is 1.41. The van der Waals surface area contributed by atoms with E-state index in [4.69, 9.17) is 16.7 Å². The molecule has 1 aromatic heterocycles. The molecule has 0 aliphatic rings. The van der Waals surface area contributed by atoms with E-state index in [1.54, 1.807) is 12.1 Å². The first-order valence-corrected chi connectivity index (χ1v) is 5.43. The zero-order valence-electron chi connectivity index (χ0n) is 9.10. The maximum atomic E-state index is 13.6. The quantitative estimate of drug-likeness (QED) is 0.927. The van der Waals surface area contributed by atoms with Crippen LogP contribution in [0.15, 0.2) is 30.6 Å². The Morgan fingerprint density at radius 2 is 2.00 bits per heavy atom. The highest BCUT2D eigenvalue weighted by molar-refractivity contribution is 6.30. The van der Waals surface area contributed by atoms with Crippen molar-refractivity contribution in [2.75, 3.05) is 0 Å². The number of rotatable bonds is 3. The molecule has 4 nitrogen and oxygen atoms in total. The molecule has 0 bridgehead atoms. The number of halogens is 2.